The molecule has 0 bridgehead atoms. The number of piperidine rings is 1. The van der Waals surface area contributed by atoms with Crippen molar-refractivity contribution in [3.05, 3.63) is 66.0 Å². The molecule has 5 nitrogen and oxygen atoms in total. The predicted molar refractivity (Wildman–Crippen MR) is 103 cm³/mol. The highest BCUT2D eigenvalue weighted by Crippen LogP contribution is 2.44. The minimum absolute atomic E-state index is 0.0630. The average Bonchev–Trinajstić information content (AvgIpc) is 2.95. The van der Waals surface area contributed by atoms with Crippen molar-refractivity contribution in [2.45, 2.75) is 37.1 Å². The molecule has 0 aliphatic carbocycles. The van der Waals surface area contributed by atoms with E-state index in [2.05, 4.69) is 4.98 Å². The molecule has 1 aromatic carbocycles. The summed E-state index contributed by atoms with van der Waals surface area (Å²) in [6.45, 7) is 1.40. The zero-order chi connectivity index (χ0) is 18.9. The molecular weight excluding hydrogens is 338 g/mol. The molecule has 5 heteroatoms. The van der Waals surface area contributed by atoms with Gasteiger partial charge in [-0.25, -0.2) is 0 Å². The highest BCUT2D eigenvalue weighted by Gasteiger charge is 2.50. The van der Waals surface area contributed by atoms with Crippen LogP contribution in [0, 0.1) is 0 Å². The minimum Gasteiger partial charge on any atom is -0.342 e. The first-order chi connectivity index (χ1) is 13.1. The van der Waals surface area contributed by atoms with Gasteiger partial charge >= 0.3 is 0 Å². The van der Waals surface area contributed by atoms with Gasteiger partial charge in [0.15, 0.2) is 0 Å². The fourth-order valence-corrected chi connectivity index (χ4v) is 4.50. The Balaban J connectivity index is 1.42. The molecule has 0 unspecified atom stereocenters. The molecule has 1 aromatic heterocycles. The van der Waals surface area contributed by atoms with E-state index in [1.165, 1.54) is 0 Å². The molecule has 140 valence electrons. The summed E-state index contributed by atoms with van der Waals surface area (Å²) in [5.41, 5.74) is 1.78. The lowest BCUT2D eigenvalue weighted by Crippen LogP contribution is -2.53. The molecule has 2 aliphatic rings. The van der Waals surface area contributed by atoms with Gasteiger partial charge in [0.25, 0.3) is 0 Å². The van der Waals surface area contributed by atoms with Crippen molar-refractivity contribution >= 4 is 11.8 Å². The lowest BCUT2D eigenvalue weighted by Gasteiger charge is -2.43. The predicted octanol–water partition coefficient (Wildman–Crippen LogP) is 2.63. The van der Waals surface area contributed by atoms with Gasteiger partial charge in [0.1, 0.15) is 0 Å². The molecule has 0 saturated carbocycles. The molecule has 4 rings (SSSR count). The summed E-state index contributed by atoms with van der Waals surface area (Å²) in [5.74, 6) is 0.261. The number of carbonyl (C=O) groups is 2. The molecule has 2 saturated heterocycles. The standard InChI is InChI=1S/C22H25N3O2/c1-24-21(27)19(17-7-3-2-4-8-17)16-22(24)10-13-25(14-11-22)20(26)15-18-9-5-6-12-23-18/h2-9,12,19H,10-11,13-16H2,1H3/t19-/m1/s1. The largest absolute Gasteiger partial charge is 0.342 e. The van der Waals surface area contributed by atoms with E-state index in [0.717, 1.165) is 30.5 Å². The summed E-state index contributed by atoms with van der Waals surface area (Å²) in [4.78, 5) is 33.6. The number of hydrogen-bond donors (Lipinski definition) is 0. The van der Waals surface area contributed by atoms with Gasteiger partial charge in [0, 0.05) is 37.6 Å². The third-order valence-corrected chi connectivity index (χ3v) is 6.23. The van der Waals surface area contributed by atoms with Crippen LogP contribution in [0.2, 0.25) is 0 Å². The summed E-state index contributed by atoms with van der Waals surface area (Å²) < 4.78 is 0. The first-order valence-electron chi connectivity index (χ1n) is 9.59. The lowest BCUT2D eigenvalue weighted by molar-refractivity contribution is -0.135. The Kier molecular flexibility index (Phi) is 4.68. The Morgan fingerprint density at radius 1 is 1.11 bits per heavy atom. The topological polar surface area (TPSA) is 53.5 Å². The summed E-state index contributed by atoms with van der Waals surface area (Å²) in [6, 6.07) is 15.7. The van der Waals surface area contributed by atoms with Crippen LogP contribution in [0.15, 0.2) is 54.7 Å². The Morgan fingerprint density at radius 2 is 1.81 bits per heavy atom. The number of pyridine rings is 1. The molecule has 3 heterocycles. The monoisotopic (exact) mass is 363 g/mol. The van der Waals surface area contributed by atoms with E-state index < -0.39 is 0 Å². The van der Waals surface area contributed by atoms with E-state index in [0.29, 0.717) is 19.5 Å². The number of carbonyl (C=O) groups excluding carboxylic acids is 2. The first kappa shape index (κ1) is 17.7. The third kappa shape index (κ3) is 3.34. The van der Waals surface area contributed by atoms with Gasteiger partial charge in [0.05, 0.1) is 12.3 Å². The SMILES string of the molecule is CN1C(=O)[C@@H](c2ccccc2)CC12CCN(C(=O)Cc1ccccn1)CC2. The molecule has 2 fully saturated rings. The molecule has 2 amide bonds. The number of benzene rings is 1. The van der Waals surface area contributed by atoms with Gasteiger partial charge in [-0.3, -0.25) is 14.6 Å². The average molecular weight is 363 g/mol. The van der Waals surface area contributed by atoms with E-state index >= 15 is 0 Å². The van der Waals surface area contributed by atoms with Gasteiger partial charge < -0.3 is 9.80 Å². The number of rotatable bonds is 3. The zero-order valence-electron chi connectivity index (χ0n) is 15.7. The second-order valence-corrected chi connectivity index (χ2v) is 7.67. The molecule has 27 heavy (non-hydrogen) atoms. The maximum Gasteiger partial charge on any atom is 0.230 e. The second kappa shape index (κ2) is 7.14. The molecule has 1 atom stereocenters. The van der Waals surface area contributed by atoms with E-state index in [1.54, 1.807) is 6.20 Å². The van der Waals surface area contributed by atoms with Gasteiger partial charge in [0.2, 0.25) is 11.8 Å². The number of likely N-dealkylation sites (N-methyl/N-ethyl adjacent to an activating group) is 1. The maximum absolute atomic E-state index is 12.9. The summed E-state index contributed by atoms with van der Waals surface area (Å²) in [5, 5.41) is 0. The van der Waals surface area contributed by atoms with Gasteiger partial charge in [-0.1, -0.05) is 36.4 Å². The highest BCUT2D eigenvalue weighted by atomic mass is 16.2. The van der Waals surface area contributed by atoms with Crippen molar-refractivity contribution in [2.75, 3.05) is 20.1 Å². The van der Waals surface area contributed by atoms with E-state index in [1.807, 2.05) is 65.4 Å². The second-order valence-electron chi connectivity index (χ2n) is 7.67. The Labute approximate surface area is 160 Å². The van der Waals surface area contributed by atoms with Crippen LogP contribution in [0.3, 0.4) is 0 Å². The minimum atomic E-state index is -0.126. The molecule has 2 aliphatic heterocycles. The summed E-state index contributed by atoms with van der Waals surface area (Å²) in [7, 11) is 1.93. The highest BCUT2D eigenvalue weighted by molar-refractivity contribution is 5.87. The van der Waals surface area contributed by atoms with Crippen LogP contribution in [0.25, 0.3) is 0 Å². The van der Waals surface area contributed by atoms with Gasteiger partial charge in [-0.05, 0) is 37.0 Å². The molecule has 0 N–H and O–H groups in total. The first-order valence-corrected chi connectivity index (χ1v) is 9.59. The number of likely N-dealkylation sites (tertiary alicyclic amines) is 2. The van der Waals surface area contributed by atoms with E-state index in [-0.39, 0.29) is 23.3 Å². The van der Waals surface area contributed by atoms with Crippen molar-refractivity contribution in [3.63, 3.8) is 0 Å². The molecule has 1 spiro atoms. The van der Waals surface area contributed by atoms with E-state index in [9.17, 15) is 9.59 Å². The van der Waals surface area contributed by atoms with Crippen LogP contribution in [0.4, 0.5) is 0 Å². The fourth-order valence-electron chi connectivity index (χ4n) is 4.50. The van der Waals surface area contributed by atoms with Crippen LogP contribution in [0.5, 0.6) is 0 Å². The van der Waals surface area contributed by atoms with Crippen molar-refractivity contribution in [3.8, 4) is 0 Å². The Hall–Kier alpha value is -2.69. The molecule has 0 radical (unpaired) electrons. The van der Waals surface area contributed by atoms with Crippen LogP contribution in [-0.2, 0) is 16.0 Å². The number of nitrogens with zero attached hydrogens (tertiary/aromatic N) is 3. The quantitative estimate of drug-likeness (QED) is 0.842. The van der Waals surface area contributed by atoms with Crippen molar-refractivity contribution in [1.82, 2.24) is 14.8 Å². The van der Waals surface area contributed by atoms with Crippen LogP contribution in [0.1, 0.15) is 36.4 Å². The van der Waals surface area contributed by atoms with Crippen LogP contribution < -0.4 is 0 Å². The van der Waals surface area contributed by atoms with Gasteiger partial charge in [-0.2, -0.15) is 0 Å². The third-order valence-electron chi connectivity index (χ3n) is 6.23. The van der Waals surface area contributed by atoms with E-state index in [4.69, 9.17) is 0 Å². The zero-order valence-corrected chi connectivity index (χ0v) is 15.7. The van der Waals surface area contributed by atoms with Crippen molar-refractivity contribution < 1.29 is 9.59 Å². The fraction of sp³-hybridized carbons (Fsp3) is 0.409. The Bertz CT molecular complexity index is 814. The normalized spacial score (nSPS) is 21.7. The number of aromatic nitrogens is 1. The smallest absolute Gasteiger partial charge is 0.230 e. The number of amides is 2. The lowest BCUT2D eigenvalue weighted by atomic mass is 9.81. The van der Waals surface area contributed by atoms with Crippen LogP contribution in [-0.4, -0.2) is 52.3 Å². The molecule has 2 aromatic rings. The van der Waals surface area contributed by atoms with Crippen LogP contribution >= 0.6 is 0 Å². The van der Waals surface area contributed by atoms with Gasteiger partial charge in [-0.15, -0.1) is 0 Å². The summed E-state index contributed by atoms with van der Waals surface area (Å²) >= 11 is 0. The van der Waals surface area contributed by atoms with Crippen molar-refractivity contribution in [1.29, 1.82) is 0 Å². The number of hydrogen-bond acceptors (Lipinski definition) is 3. The molecular formula is C22H25N3O2. The van der Waals surface area contributed by atoms with Crippen molar-refractivity contribution in [2.24, 2.45) is 0 Å². The summed E-state index contributed by atoms with van der Waals surface area (Å²) in [6.07, 6.45) is 4.58. The maximum atomic E-state index is 12.9. The Morgan fingerprint density at radius 3 is 2.48 bits per heavy atom.